The zero-order valence-corrected chi connectivity index (χ0v) is 43.9. The lowest BCUT2D eigenvalue weighted by atomic mass is 10.1. The number of Topliss-reactive ketones (excluding diaryl/α,β-unsaturated/α-hetero) is 1. The summed E-state index contributed by atoms with van der Waals surface area (Å²) in [5.74, 6) is -3.37. The number of rotatable bonds is 32. The Morgan fingerprint density at radius 1 is 0.769 bits per heavy atom. The summed E-state index contributed by atoms with van der Waals surface area (Å²) in [6.45, 7) is 0.774. The van der Waals surface area contributed by atoms with Crippen molar-refractivity contribution in [1.29, 1.82) is 0 Å². The van der Waals surface area contributed by atoms with Crippen molar-refractivity contribution in [2.75, 3.05) is 52.4 Å². The van der Waals surface area contributed by atoms with Crippen LogP contribution < -0.4 is 45.9 Å². The van der Waals surface area contributed by atoms with E-state index >= 15 is 0 Å². The highest BCUT2D eigenvalue weighted by atomic mass is 32.1. The van der Waals surface area contributed by atoms with Crippen LogP contribution in [0.15, 0.2) is 54.6 Å². The summed E-state index contributed by atoms with van der Waals surface area (Å²) in [4.78, 5) is 135. The fourth-order valence-electron chi connectivity index (χ4n) is 7.95. The van der Waals surface area contributed by atoms with Crippen molar-refractivity contribution in [2.24, 2.45) is 5.73 Å². The molecular formula is C52H61N9O16S. The summed E-state index contributed by atoms with van der Waals surface area (Å²) in [5.41, 5.74) is 8.02. The molecule has 25 nitrogen and oxygen atoms in total. The van der Waals surface area contributed by atoms with E-state index in [0.717, 1.165) is 10.5 Å². The number of imide groups is 1. The zero-order valence-electron chi connectivity index (χ0n) is 43.1. The minimum Gasteiger partial charge on any atom is -0.491 e. The first-order valence-electron chi connectivity index (χ1n) is 25.0. The number of ketones is 1. The van der Waals surface area contributed by atoms with Gasteiger partial charge in [-0.3, -0.25) is 48.1 Å². The minimum atomic E-state index is -1.05. The molecule has 1 aromatic carbocycles. The molecule has 2 aliphatic heterocycles. The molecule has 8 amide bonds. The first-order chi connectivity index (χ1) is 37.5. The van der Waals surface area contributed by atoms with Gasteiger partial charge in [-0.1, -0.05) is 18.6 Å². The van der Waals surface area contributed by atoms with Gasteiger partial charge < -0.3 is 60.7 Å². The third-order valence-corrected chi connectivity index (χ3v) is 13.2. The number of anilines is 1. The number of carbonyl (C=O) groups is 10. The number of amides is 8. The predicted molar refractivity (Wildman–Crippen MR) is 278 cm³/mol. The summed E-state index contributed by atoms with van der Waals surface area (Å²) >= 11 is 1.19. The number of carbonyl (C=O) groups excluding carboxylic acids is 9. The summed E-state index contributed by atoms with van der Waals surface area (Å²) in [6, 6.07) is 9.69. The van der Waals surface area contributed by atoms with Crippen LogP contribution in [0, 0.1) is 0 Å². The van der Waals surface area contributed by atoms with Gasteiger partial charge in [0.15, 0.2) is 17.3 Å². The van der Waals surface area contributed by atoms with Crippen LogP contribution in [-0.4, -0.2) is 137 Å². The lowest BCUT2D eigenvalue weighted by molar-refractivity contribution is -0.145. The van der Waals surface area contributed by atoms with Crippen molar-refractivity contribution >= 4 is 86.4 Å². The second kappa shape index (κ2) is 29.0. The maximum atomic E-state index is 13.3. The molecule has 0 saturated carbocycles. The van der Waals surface area contributed by atoms with Gasteiger partial charge >= 0.3 is 18.0 Å². The number of fused-ring (bicyclic) bond motifs is 2. The number of aliphatic carboxylic acids is 1. The maximum Gasteiger partial charge on any atom is 0.312 e. The van der Waals surface area contributed by atoms with Gasteiger partial charge in [0.1, 0.15) is 12.6 Å². The van der Waals surface area contributed by atoms with Gasteiger partial charge in [-0.2, -0.15) is 0 Å². The quantitative estimate of drug-likeness (QED) is 0.0176. The number of nitrogens with two attached hydrogens (primary N) is 1. The number of carboxylic acid groups (broad SMARTS) is 1. The number of methoxy groups -OCH3 is 2. The van der Waals surface area contributed by atoms with Crippen molar-refractivity contribution in [3.8, 4) is 23.3 Å². The van der Waals surface area contributed by atoms with E-state index in [-0.39, 0.29) is 120 Å². The van der Waals surface area contributed by atoms with E-state index in [1.54, 1.807) is 42.5 Å². The number of carboxylic acids is 1. The fraction of sp³-hybridized carbons (Fsp3) is 0.423. The molecule has 1 atom stereocenters. The number of pyridine rings is 2. The van der Waals surface area contributed by atoms with Gasteiger partial charge in [0.25, 0.3) is 23.6 Å². The average molecular weight is 1100 g/mol. The Bertz CT molecular complexity index is 2890. The van der Waals surface area contributed by atoms with Crippen LogP contribution in [0.5, 0.6) is 23.3 Å². The van der Waals surface area contributed by atoms with Gasteiger partial charge in [0.2, 0.25) is 23.6 Å². The third-order valence-electron chi connectivity index (χ3n) is 12.1. The molecule has 5 heterocycles. The number of nitrogens with zero attached hydrogens (tertiary/aromatic N) is 4. The Morgan fingerprint density at radius 2 is 1.47 bits per heavy atom. The van der Waals surface area contributed by atoms with Crippen LogP contribution in [0.25, 0.3) is 10.2 Å². The second-order valence-electron chi connectivity index (χ2n) is 17.9. The Balaban J connectivity index is 0.901. The van der Waals surface area contributed by atoms with Gasteiger partial charge in [0.05, 0.1) is 74.2 Å². The highest BCUT2D eigenvalue weighted by molar-refractivity contribution is 7.20. The first-order valence-corrected chi connectivity index (χ1v) is 25.8. The summed E-state index contributed by atoms with van der Waals surface area (Å²) in [5, 5.41) is 19.2. The van der Waals surface area contributed by atoms with Crippen LogP contribution in [0.1, 0.15) is 97.1 Å². The van der Waals surface area contributed by atoms with Gasteiger partial charge in [-0.15, -0.1) is 11.3 Å². The van der Waals surface area contributed by atoms with E-state index < -0.39 is 48.3 Å². The number of benzene rings is 1. The van der Waals surface area contributed by atoms with Crippen molar-refractivity contribution in [2.45, 2.75) is 96.4 Å². The highest BCUT2D eigenvalue weighted by Crippen LogP contribution is 2.35. The van der Waals surface area contributed by atoms with Gasteiger partial charge in [-0.05, 0) is 61.1 Å². The molecule has 0 radical (unpaired) electrons. The molecule has 0 fully saturated rings. The van der Waals surface area contributed by atoms with E-state index in [4.69, 9.17) is 34.5 Å². The van der Waals surface area contributed by atoms with Gasteiger partial charge in [0, 0.05) is 69.2 Å². The van der Waals surface area contributed by atoms with E-state index in [0.29, 0.717) is 75.8 Å². The number of urea groups is 1. The molecule has 26 heteroatoms. The van der Waals surface area contributed by atoms with Crippen LogP contribution in [0.4, 0.5) is 10.5 Å². The zero-order chi connectivity index (χ0) is 56.1. The van der Waals surface area contributed by atoms with Crippen LogP contribution in [0.2, 0.25) is 0 Å². The molecule has 416 valence electrons. The lowest BCUT2D eigenvalue weighted by Crippen LogP contribution is -2.47. The number of aromatic nitrogens is 2. The predicted octanol–water partition coefficient (Wildman–Crippen LogP) is 3.44. The molecule has 2 aliphatic rings. The summed E-state index contributed by atoms with van der Waals surface area (Å²) in [7, 11) is 2.94. The Labute approximate surface area is 451 Å². The third kappa shape index (κ3) is 17.7. The van der Waals surface area contributed by atoms with E-state index in [9.17, 15) is 47.9 Å². The largest absolute Gasteiger partial charge is 0.491 e. The molecular weight excluding hydrogens is 1040 g/mol. The van der Waals surface area contributed by atoms with Crippen LogP contribution in [0.3, 0.4) is 0 Å². The lowest BCUT2D eigenvalue weighted by Gasteiger charge is -2.19. The van der Waals surface area contributed by atoms with Crippen molar-refractivity contribution < 1.29 is 76.7 Å². The topological polar surface area (TPSA) is 343 Å². The number of ether oxygens (including phenoxy) is 5. The molecule has 0 spiro atoms. The monoisotopic (exact) mass is 1100 g/mol. The number of esters is 1. The first kappa shape index (κ1) is 58.6. The highest BCUT2D eigenvalue weighted by Gasteiger charge is 2.28. The number of unbranched alkanes of at least 4 members (excludes halogenated alkanes) is 2. The average Bonchev–Trinajstić information content (AvgIpc) is 4.19. The minimum absolute atomic E-state index is 0.106. The standard InChI is InChI=1S/C52H61N9O16S/c1-73-38-24-32-28-60(44(65)17-18-47(68)69)29-36(32)59-50(38)75-22-7-23-76-51-39(74-2)26-40-35(58-51)25-41(78-40)37(62)14-19-48(70)77-30-31-10-12-33(13-11-31)56-49(71)34(8-6-20-54-52(53)72)57-43(64)27-55-42(63)9-4-3-5-21-61-45(66)15-16-46(61)67/h10-13,15-16,24-26,34H,3-9,14,17-23,27-30H2,1-2H3,(H,55,63)(H,56,71)(H,57,64)(H,68,69)(H3,53,54,72)/t34-/m0/s1. The normalized spacial score (nSPS) is 12.9. The number of nitrogens with one attached hydrogen (secondary N) is 4. The molecule has 0 bridgehead atoms. The van der Waals surface area contributed by atoms with E-state index in [2.05, 4.69) is 31.2 Å². The Hall–Kier alpha value is -8.68. The number of thiophene rings is 1. The molecule has 0 unspecified atom stereocenters. The van der Waals surface area contributed by atoms with Gasteiger partial charge in [-0.25, -0.2) is 14.8 Å². The van der Waals surface area contributed by atoms with Crippen molar-refractivity contribution in [1.82, 2.24) is 35.7 Å². The number of hydrogen-bond acceptors (Lipinski definition) is 18. The molecule has 7 N–H and O–H groups in total. The molecule has 0 saturated heterocycles. The molecule has 6 rings (SSSR count). The Kier molecular flexibility index (Phi) is 21.8. The smallest absolute Gasteiger partial charge is 0.312 e. The summed E-state index contributed by atoms with van der Waals surface area (Å²) < 4.78 is 28.9. The maximum absolute atomic E-state index is 13.3. The SMILES string of the molecule is COc1cc2c(nc1OCCCOc1nc3cc(C(=O)CCC(=O)OCc4ccc(NC(=O)[C@H](CCCNC(N)=O)NC(=O)CNC(=O)CCCCCN5C(=O)C=CC5=O)cc4)sc3cc1OC)CN(C(=O)CCC(=O)O)C2. The summed E-state index contributed by atoms with van der Waals surface area (Å²) in [6.07, 6.45) is 4.22. The van der Waals surface area contributed by atoms with E-state index in [1.807, 2.05) is 0 Å². The van der Waals surface area contributed by atoms with Crippen LogP contribution >= 0.6 is 11.3 Å². The van der Waals surface area contributed by atoms with Crippen LogP contribution in [-0.2, 0) is 62.8 Å². The van der Waals surface area contributed by atoms with Crippen molar-refractivity contribution in [3.63, 3.8) is 0 Å². The fourth-order valence-corrected chi connectivity index (χ4v) is 8.95. The molecule has 78 heavy (non-hydrogen) atoms. The van der Waals surface area contributed by atoms with Crippen molar-refractivity contribution in [3.05, 3.63) is 76.3 Å². The molecule has 0 aliphatic carbocycles. The molecule has 3 aromatic heterocycles. The Morgan fingerprint density at radius 3 is 2.17 bits per heavy atom. The van der Waals surface area contributed by atoms with E-state index in [1.165, 1.54) is 42.6 Å². The number of primary amides is 1. The number of hydrogen-bond donors (Lipinski definition) is 6. The molecule has 4 aromatic rings. The second-order valence-corrected chi connectivity index (χ2v) is 18.9.